The molecule has 30 heavy (non-hydrogen) atoms. The molecule has 0 bridgehead atoms. The van der Waals surface area contributed by atoms with Crippen LogP contribution in [-0.2, 0) is 0 Å². The van der Waals surface area contributed by atoms with Gasteiger partial charge >= 0.3 is 0 Å². The van der Waals surface area contributed by atoms with Gasteiger partial charge in [0.15, 0.2) is 5.65 Å². The molecule has 1 saturated carbocycles. The van der Waals surface area contributed by atoms with Crippen LogP contribution in [0.4, 0.5) is 0 Å². The first-order valence-electron chi connectivity index (χ1n) is 9.45. The third-order valence-electron chi connectivity index (χ3n) is 5.38. The Kier molecular flexibility index (Phi) is 4.41. The van der Waals surface area contributed by atoms with Gasteiger partial charge in [-0.25, -0.2) is 9.97 Å². The van der Waals surface area contributed by atoms with Crippen molar-refractivity contribution in [3.63, 3.8) is 0 Å². The zero-order chi connectivity index (χ0) is 21.2. The van der Waals surface area contributed by atoms with Crippen molar-refractivity contribution in [1.82, 2.24) is 19.5 Å². The number of benzene rings is 1. The lowest BCUT2D eigenvalue weighted by molar-refractivity contribution is 0.395. The van der Waals surface area contributed by atoms with Crippen molar-refractivity contribution in [2.45, 2.75) is 25.8 Å². The largest absolute Gasteiger partial charge is 0.495 e. The number of aromatic nitrogens is 4. The van der Waals surface area contributed by atoms with Crippen molar-refractivity contribution < 1.29 is 9.47 Å². The van der Waals surface area contributed by atoms with Gasteiger partial charge in [0.05, 0.1) is 35.3 Å². The summed E-state index contributed by atoms with van der Waals surface area (Å²) in [5, 5.41) is 1.31. The fraction of sp³-hybridized carbons (Fsp3) is 0.286. The zero-order valence-electron chi connectivity index (χ0n) is 16.5. The molecule has 0 unspecified atom stereocenters. The number of nitrogens with one attached hydrogen (secondary N) is 1. The first kappa shape index (κ1) is 19.2. The maximum atomic E-state index is 13.7. The van der Waals surface area contributed by atoms with Gasteiger partial charge in [0.2, 0.25) is 0 Å². The van der Waals surface area contributed by atoms with Crippen LogP contribution in [0, 0.1) is 6.92 Å². The summed E-state index contributed by atoms with van der Waals surface area (Å²) in [6.07, 6.45) is 3.58. The van der Waals surface area contributed by atoms with Gasteiger partial charge in [0, 0.05) is 29.3 Å². The molecule has 154 valence electrons. The Bertz CT molecular complexity index is 1360. The van der Waals surface area contributed by atoms with Crippen molar-refractivity contribution in [2.75, 3.05) is 14.2 Å². The highest BCUT2D eigenvalue weighted by Gasteiger charge is 2.30. The maximum absolute atomic E-state index is 13.7. The molecule has 0 aliphatic heterocycles. The van der Waals surface area contributed by atoms with E-state index in [9.17, 15) is 4.79 Å². The van der Waals surface area contributed by atoms with E-state index in [2.05, 4.69) is 15.0 Å². The summed E-state index contributed by atoms with van der Waals surface area (Å²) in [6.45, 7) is 1.86. The molecule has 0 atom stereocenters. The lowest BCUT2D eigenvalue weighted by Gasteiger charge is -2.17. The van der Waals surface area contributed by atoms with Gasteiger partial charge in [-0.3, -0.25) is 4.79 Å². The van der Waals surface area contributed by atoms with Crippen molar-refractivity contribution in [2.24, 2.45) is 0 Å². The van der Waals surface area contributed by atoms with Crippen LogP contribution in [0.25, 0.3) is 33.2 Å². The highest BCUT2D eigenvalue weighted by Crippen LogP contribution is 2.46. The second-order valence-corrected chi connectivity index (χ2v) is 8.09. The molecule has 1 aromatic carbocycles. The topological polar surface area (TPSA) is 82.0 Å². The van der Waals surface area contributed by atoms with Gasteiger partial charge in [0.1, 0.15) is 22.8 Å². The maximum Gasteiger partial charge on any atom is 0.259 e. The Morgan fingerprint density at radius 3 is 2.40 bits per heavy atom. The number of nitrogens with zero attached hydrogens (tertiary/aromatic N) is 3. The monoisotopic (exact) mass is 444 g/mol. The van der Waals surface area contributed by atoms with Crippen molar-refractivity contribution in [3.05, 3.63) is 44.6 Å². The molecule has 0 amide bonds. The number of methoxy groups -OCH3 is 2. The minimum Gasteiger partial charge on any atom is -0.495 e. The Morgan fingerprint density at radius 1 is 1.13 bits per heavy atom. The molecule has 7 nitrogen and oxygen atoms in total. The molecule has 3 heterocycles. The van der Waals surface area contributed by atoms with Crippen molar-refractivity contribution in [3.8, 4) is 22.6 Å². The molecule has 9 heteroatoms. The lowest BCUT2D eigenvalue weighted by Crippen LogP contribution is -2.22. The smallest absolute Gasteiger partial charge is 0.259 e. The number of aryl methyl sites for hydroxylation is 1. The van der Waals surface area contributed by atoms with Crippen molar-refractivity contribution >= 4 is 45.3 Å². The van der Waals surface area contributed by atoms with E-state index >= 15 is 0 Å². The molecular weight excluding hydrogens is 427 g/mol. The molecule has 1 aliphatic rings. The molecule has 1 N–H and O–H groups in total. The number of halogens is 2. The van der Waals surface area contributed by atoms with E-state index in [0.717, 1.165) is 35.1 Å². The van der Waals surface area contributed by atoms with E-state index in [-0.39, 0.29) is 21.6 Å². The van der Waals surface area contributed by atoms with Crippen LogP contribution in [0.1, 0.15) is 24.7 Å². The highest BCUT2D eigenvalue weighted by molar-refractivity contribution is 6.41. The third-order valence-corrected chi connectivity index (χ3v) is 6.13. The molecular formula is C21H18Cl2N4O3. The molecule has 4 aromatic rings. The SMILES string of the molecule is COc1cc(OC)c(Cl)c(-c2cc3cnc4nc(C)[nH]c4c3n(C3CC3)c2=O)c1Cl. The van der Waals surface area contributed by atoms with Crippen LogP contribution in [0.3, 0.4) is 0 Å². The van der Waals surface area contributed by atoms with E-state index in [1.165, 1.54) is 14.2 Å². The van der Waals surface area contributed by atoms with Crippen LogP contribution in [0.5, 0.6) is 11.5 Å². The quantitative estimate of drug-likeness (QED) is 0.483. The normalized spacial score (nSPS) is 13.9. The van der Waals surface area contributed by atoms with Gasteiger partial charge in [-0.1, -0.05) is 23.2 Å². The second kappa shape index (κ2) is 6.89. The van der Waals surface area contributed by atoms with E-state index < -0.39 is 0 Å². The van der Waals surface area contributed by atoms with E-state index in [4.69, 9.17) is 32.7 Å². The molecule has 0 saturated heterocycles. The standard InChI is InChI=1S/C21H18Cl2N4O3/c1-9-25-18-19-10(8-24-20(18)26-9)6-12(21(28)27(19)11-4-5-11)15-16(22)13(29-2)7-14(30-3)17(15)23/h6-8,11H,4-5H2,1-3H3,(H,24,25,26). The summed E-state index contributed by atoms with van der Waals surface area (Å²) < 4.78 is 12.6. The fourth-order valence-corrected chi connectivity index (χ4v) is 4.57. The summed E-state index contributed by atoms with van der Waals surface area (Å²) in [4.78, 5) is 25.8. The molecule has 0 radical (unpaired) electrons. The lowest BCUT2D eigenvalue weighted by atomic mass is 10.0. The number of H-pyrrole nitrogens is 1. The average molecular weight is 445 g/mol. The third kappa shape index (κ3) is 2.76. The van der Waals surface area contributed by atoms with Gasteiger partial charge in [0.25, 0.3) is 5.56 Å². The van der Waals surface area contributed by atoms with Crippen LogP contribution in [0.15, 0.2) is 23.1 Å². The first-order valence-corrected chi connectivity index (χ1v) is 10.2. The summed E-state index contributed by atoms with van der Waals surface area (Å²) >= 11 is 13.2. The predicted octanol–water partition coefficient (Wildman–Crippen LogP) is 4.91. The molecule has 5 rings (SSSR count). The number of hydrogen-bond donors (Lipinski definition) is 1. The van der Waals surface area contributed by atoms with E-state index in [0.29, 0.717) is 28.3 Å². The van der Waals surface area contributed by atoms with Crippen molar-refractivity contribution in [1.29, 1.82) is 0 Å². The summed E-state index contributed by atoms with van der Waals surface area (Å²) in [7, 11) is 3.00. The van der Waals surface area contributed by atoms with Crippen LogP contribution < -0.4 is 15.0 Å². The molecule has 1 fully saturated rings. The van der Waals surface area contributed by atoms with Gasteiger partial charge in [-0.2, -0.15) is 0 Å². The Labute approximate surface area is 181 Å². The average Bonchev–Trinajstić information content (AvgIpc) is 3.48. The number of hydrogen-bond acceptors (Lipinski definition) is 5. The Morgan fingerprint density at radius 2 is 1.80 bits per heavy atom. The first-order chi connectivity index (χ1) is 14.4. The zero-order valence-corrected chi connectivity index (χ0v) is 18.1. The van der Waals surface area contributed by atoms with Gasteiger partial charge < -0.3 is 19.0 Å². The molecule has 0 spiro atoms. The minimum atomic E-state index is -0.177. The van der Waals surface area contributed by atoms with Crippen LogP contribution in [-0.4, -0.2) is 33.7 Å². The predicted molar refractivity (Wildman–Crippen MR) is 117 cm³/mol. The minimum absolute atomic E-state index is 0.110. The fourth-order valence-electron chi connectivity index (χ4n) is 3.87. The summed E-state index contributed by atoms with van der Waals surface area (Å²) in [5.41, 5.74) is 2.71. The Balaban J connectivity index is 1.92. The number of imidazole rings is 1. The summed E-state index contributed by atoms with van der Waals surface area (Å²) in [6, 6.07) is 3.48. The second-order valence-electron chi connectivity index (χ2n) is 7.33. The molecule has 3 aromatic heterocycles. The number of ether oxygens (including phenoxy) is 2. The van der Waals surface area contributed by atoms with Gasteiger partial charge in [-0.15, -0.1) is 0 Å². The highest BCUT2D eigenvalue weighted by atomic mass is 35.5. The van der Waals surface area contributed by atoms with E-state index in [1.54, 1.807) is 18.3 Å². The number of rotatable bonds is 4. The number of pyridine rings is 2. The number of fused-ring (bicyclic) bond motifs is 3. The summed E-state index contributed by atoms with van der Waals surface area (Å²) in [5.74, 6) is 1.50. The number of aromatic amines is 1. The Hall–Kier alpha value is -2.77. The van der Waals surface area contributed by atoms with Gasteiger partial charge in [-0.05, 0) is 25.8 Å². The van der Waals surface area contributed by atoms with Crippen LogP contribution in [0.2, 0.25) is 10.0 Å². The van der Waals surface area contributed by atoms with E-state index in [1.807, 2.05) is 11.5 Å². The van der Waals surface area contributed by atoms with Crippen LogP contribution >= 0.6 is 23.2 Å². The molecule has 1 aliphatic carbocycles.